The molecule has 1 heterocycles. The van der Waals surface area contributed by atoms with E-state index in [4.69, 9.17) is 5.84 Å². The molecule has 1 aromatic rings. The van der Waals surface area contributed by atoms with Crippen molar-refractivity contribution in [1.82, 2.24) is 15.0 Å². The molecule has 0 saturated heterocycles. The van der Waals surface area contributed by atoms with E-state index < -0.39 is 10.8 Å². The highest BCUT2D eigenvalue weighted by Crippen LogP contribution is 2.10. The van der Waals surface area contributed by atoms with Crippen LogP contribution in [-0.2, 0) is 10.8 Å². The van der Waals surface area contributed by atoms with E-state index in [-0.39, 0.29) is 5.95 Å². The Bertz CT molecular complexity index is 412. The lowest BCUT2D eigenvalue weighted by Gasteiger charge is -2.12. The van der Waals surface area contributed by atoms with Gasteiger partial charge in [-0.05, 0) is 0 Å². The van der Waals surface area contributed by atoms with Gasteiger partial charge in [0.1, 0.15) is 0 Å². The topological polar surface area (TPSA) is 109 Å². The number of aromatic nitrogens is 3. The van der Waals surface area contributed by atoms with E-state index in [9.17, 15) is 4.21 Å². The van der Waals surface area contributed by atoms with Crippen LogP contribution in [0.25, 0.3) is 0 Å². The van der Waals surface area contributed by atoms with Gasteiger partial charge in [-0.2, -0.15) is 15.0 Å². The molecule has 0 fully saturated rings. The molecule has 0 radical (unpaired) electrons. The number of nitrogen functional groups attached to an aromatic ring is 1. The monoisotopic (exact) mass is 273 g/mol. The van der Waals surface area contributed by atoms with Crippen LogP contribution in [0.4, 0.5) is 17.8 Å². The molecule has 0 aliphatic carbocycles. The summed E-state index contributed by atoms with van der Waals surface area (Å²) < 4.78 is 11.3. The predicted octanol–water partition coefficient (Wildman–Crippen LogP) is -0.596. The lowest BCUT2D eigenvalue weighted by molar-refractivity contribution is 0.684. The van der Waals surface area contributed by atoms with E-state index in [0.717, 1.165) is 0 Å². The van der Waals surface area contributed by atoms with Crippen molar-refractivity contribution in [3.05, 3.63) is 0 Å². The number of hydrogen-bond donors (Lipinski definition) is 3. The molecule has 102 valence electrons. The van der Waals surface area contributed by atoms with Gasteiger partial charge in [-0.3, -0.25) is 9.63 Å². The summed E-state index contributed by atoms with van der Waals surface area (Å²) in [7, 11) is 2.84. The molecule has 1 unspecified atom stereocenters. The number of hydrazine groups is 1. The molecule has 4 N–H and O–H groups in total. The average molecular weight is 273 g/mol. The van der Waals surface area contributed by atoms with Crippen LogP contribution in [0.3, 0.4) is 0 Å². The number of hydrogen-bond acceptors (Lipinski definition) is 8. The second kappa shape index (κ2) is 7.07. The molecular weight excluding hydrogens is 254 g/mol. The fraction of sp³-hybridized carbons (Fsp3) is 0.667. The fourth-order valence-corrected chi connectivity index (χ4v) is 1.75. The van der Waals surface area contributed by atoms with Crippen LogP contribution in [0.1, 0.15) is 6.92 Å². The summed E-state index contributed by atoms with van der Waals surface area (Å²) in [5, 5.41) is 3.00. The van der Waals surface area contributed by atoms with Gasteiger partial charge >= 0.3 is 0 Å². The van der Waals surface area contributed by atoms with Crippen LogP contribution in [0.15, 0.2) is 0 Å². The highest BCUT2D eigenvalue weighted by Gasteiger charge is 2.07. The molecule has 0 spiro atoms. The third-order valence-corrected chi connectivity index (χ3v) is 3.39. The Kier molecular flexibility index (Phi) is 5.72. The third kappa shape index (κ3) is 4.41. The first-order valence-electron chi connectivity index (χ1n) is 5.55. The van der Waals surface area contributed by atoms with Gasteiger partial charge in [0.15, 0.2) is 0 Å². The summed E-state index contributed by atoms with van der Waals surface area (Å²) >= 11 is 0. The Morgan fingerprint density at radius 1 is 1.28 bits per heavy atom. The van der Waals surface area contributed by atoms with E-state index in [2.05, 4.69) is 25.7 Å². The van der Waals surface area contributed by atoms with E-state index in [0.29, 0.717) is 29.9 Å². The van der Waals surface area contributed by atoms with Crippen molar-refractivity contribution >= 4 is 28.6 Å². The Morgan fingerprint density at radius 2 is 1.94 bits per heavy atom. The first kappa shape index (κ1) is 14.6. The van der Waals surface area contributed by atoms with Crippen LogP contribution >= 0.6 is 0 Å². The van der Waals surface area contributed by atoms with E-state index in [1.165, 1.54) is 0 Å². The standard InChI is InChI=1S/C9H19N7OS/c1-4-18(17)6-5-11-7-12-8(15-10)14-9(13-7)16(2)3/h4-6,10H2,1-3H3,(H2,11,12,13,14,15). The summed E-state index contributed by atoms with van der Waals surface area (Å²) in [6.07, 6.45) is 0. The zero-order valence-corrected chi connectivity index (χ0v) is 11.6. The zero-order valence-electron chi connectivity index (χ0n) is 10.8. The Balaban J connectivity index is 2.69. The van der Waals surface area contributed by atoms with Crippen LogP contribution in [0.5, 0.6) is 0 Å². The zero-order chi connectivity index (χ0) is 13.5. The maximum absolute atomic E-state index is 11.3. The lowest BCUT2D eigenvalue weighted by atomic mass is 10.7. The van der Waals surface area contributed by atoms with Gasteiger partial charge in [0.05, 0.1) is 0 Å². The van der Waals surface area contributed by atoms with Crippen LogP contribution in [0.2, 0.25) is 0 Å². The maximum Gasteiger partial charge on any atom is 0.243 e. The molecular formula is C9H19N7OS. The second-order valence-corrected chi connectivity index (χ2v) is 5.55. The minimum absolute atomic E-state index is 0.285. The molecule has 1 aromatic heterocycles. The second-order valence-electron chi connectivity index (χ2n) is 3.68. The van der Waals surface area contributed by atoms with Crippen molar-refractivity contribution in [2.75, 3.05) is 47.8 Å². The van der Waals surface area contributed by atoms with Gasteiger partial charge in [-0.25, -0.2) is 5.84 Å². The molecule has 9 heteroatoms. The van der Waals surface area contributed by atoms with Gasteiger partial charge in [-0.1, -0.05) is 6.92 Å². The normalized spacial score (nSPS) is 12.0. The SMILES string of the molecule is CCS(=O)CCNc1nc(NN)nc(N(C)C)n1. The van der Waals surface area contributed by atoms with Crippen LogP contribution in [0, 0.1) is 0 Å². The molecule has 0 amide bonds. The summed E-state index contributed by atoms with van der Waals surface area (Å²) in [5.74, 6) is 7.69. The summed E-state index contributed by atoms with van der Waals surface area (Å²) in [5.41, 5.74) is 2.38. The van der Waals surface area contributed by atoms with Gasteiger partial charge in [0, 0.05) is 42.9 Å². The van der Waals surface area contributed by atoms with E-state index >= 15 is 0 Å². The molecule has 18 heavy (non-hydrogen) atoms. The van der Waals surface area contributed by atoms with Crippen LogP contribution in [-0.4, -0.2) is 51.3 Å². The van der Waals surface area contributed by atoms with Crippen molar-refractivity contribution in [2.24, 2.45) is 5.84 Å². The number of nitrogens with zero attached hydrogens (tertiary/aromatic N) is 4. The number of nitrogens with one attached hydrogen (secondary N) is 2. The molecule has 0 aromatic carbocycles. The van der Waals surface area contributed by atoms with Crippen molar-refractivity contribution in [3.63, 3.8) is 0 Å². The molecule has 8 nitrogen and oxygen atoms in total. The highest BCUT2D eigenvalue weighted by atomic mass is 32.2. The van der Waals surface area contributed by atoms with E-state index in [1.807, 2.05) is 21.0 Å². The van der Waals surface area contributed by atoms with Crippen molar-refractivity contribution in [2.45, 2.75) is 6.92 Å². The number of nitrogens with two attached hydrogens (primary N) is 1. The van der Waals surface area contributed by atoms with E-state index in [1.54, 1.807) is 4.90 Å². The Morgan fingerprint density at radius 3 is 2.50 bits per heavy atom. The number of rotatable bonds is 7. The number of anilines is 3. The third-order valence-electron chi connectivity index (χ3n) is 2.09. The molecule has 1 rings (SSSR count). The van der Waals surface area contributed by atoms with Crippen LogP contribution < -0.4 is 21.5 Å². The summed E-state index contributed by atoms with van der Waals surface area (Å²) in [6.45, 7) is 2.43. The van der Waals surface area contributed by atoms with Gasteiger partial charge in [0.2, 0.25) is 17.8 Å². The smallest absolute Gasteiger partial charge is 0.243 e. The van der Waals surface area contributed by atoms with Gasteiger partial charge in [0.25, 0.3) is 0 Å². The van der Waals surface area contributed by atoms with Crippen molar-refractivity contribution in [3.8, 4) is 0 Å². The summed E-state index contributed by atoms with van der Waals surface area (Å²) in [6, 6.07) is 0. The fourth-order valence-electron chi connectivity index (χ4n) is 1.13. The molecule has 1 atom stereocenters. The molecule has 0 aliphatic heterocycles. The molecule has 0 aliphatic rings. The van der Waals surface area contributed by atoms with Crippen molar-refractivity contribution in [1.29, 1.82) is 0 Å². The van der Waals surface area contributed by atoms with Gasteiger partial charge in [-0.15, -0.1) is 0 Å². The van der Waals surface area contributed by atoms with Gasteiger partial charge < -0.3 is 10.2 Å². The summed E-state index contributed by atoms with van der Waals surface area (Å²) in [4.78, 5) is 14.1. The Hall–Kier alpha value is -1.48. The lowest BCUT2D eigenvalue weighted by Crippen LogP contribution is -2.20. The average Bonchev–Trinajstić information content (AvgIpc) is 2.37. The molecule has 0 bridgehead atoms. The first-order valence-corrected chi connectivity index (χ1v) is 7.04. The highest BCUT2D eigenvalue weighted by molar-refractivity contribution is 7.84. The maximum atomic E-state index is 11.3. The Labute approximate surface area is 109 Å². The minimum atomic E-state index is -0.806. The quantitative estimate of drug-likeness (QED) is 0.446. The largest absolute Gasteiger partial charge is 0.353 e. The minimum Gasteiger partial charge on any atom is -0.353 e. The first-order chi connectivity index (χ1) is 8.56. The van der Waals surface area contributed by atoms with Crippen molar-refractivity contribution < 1.29 is 4.21 Å². The predicted molar refractivity (Wildman–Crippen MR) is 74.0 cm³/mol. The molecule has 0 saturated carbocycles.